The summed E-state index contributed by atoms with van der Waals surface area (Å²) in [4.78, 5) is -0.0987. The van der Waals surface area contributed by atoms with E-state index in [1.54, 1.807) is 36.4 Å². The van der Waals surface area contributed by atoms with Gasteiger partial charge in [0.05, 0.1) is 24.9 Å². The molecular formula is C23H19Cl4N3O3S. The zero-order valence-corrected chi connectivity index (χ0v) is 21.6. The van der Waals surface area contributed by atoms with Crippen molar-refractivity contribution in [1.29, 1.82) is 0 Å². The Labute approximate surface area is 217 Å². The van der Waals surface area contributed by atoms with Gasteiger partial charge < -0.3 is 10.2 Å². The van der Waals surface area contributed by atoms with Crippen LogP contribution in [-0.4, -0.2) is 21.2 Å². The second-order valence-electron chi connectivity index (χ2n) is 7.56. The van der Waals surface area contributed by atoms with Crippen LogP contribution in [0.1, 0.15) is 29.6 Å². The summed E-state index contributed by atoms with van der Waals surface area (Å²) >= 11 is 24.6. The van der Waals surface area contributed by atoms with Crippen LogP contribution in [0.25, 0.3) is 0 Å². The molecule has 3 aromatic rings. The Morgan fingerprint density at radius 2 is 1.62 bits per heavy atom. The first-order valence-electron chi connectivity index (χ1n) is 10.1. The number of hydrogen-bond donors (Lipinski definition) is 2. The molecule has 0 fully saturated rings. The van der Waals surface area contributed by atoms with Crippen molar-refractivity contribution in [3.63, 3.8) is 0 Å². The van der Waals surface area contributed by atoms with Crippen LogP contribution in [0.5, 0.6) is 5.75 Å². The van der Waals surface area contributed by atoms with E-state index in [2.05, 4.69) is 15.2 Å². The van der Waals surface area contributed by atoms with Gasteiger partial charge in [-0.15, -0.1) is 0 Å². The molecule has 1 heterocycles. The SMILES string of the molecule is COc1ccc(Cl)cc1S(=O)(=O)NC(C1=NNC(c2ccc(Cl)cc2)C1)c1ccc(Cl)cc1Cl. The summed E-state index contributed by atoms with van der Waals surface area (Å²) in [7, 11) is -2.72. The molecule has 11 heteroatoms. The van der Waals surface area contributed by atoms with Crippen molar-refractivity contribution in [3.8, 4) is 5.75 Å². The number of benzene rings is 3. The average Bonchev–Trinajstić information content (AvgIpc) is 3.28. The first-order valence-corrected chi connectivity index (χ1v) is 13.1. The molecule has 2 N–H and O–H groups in total. The molecule has 4 rings (SSSR count). The van der Waals surface area contributed by atoms with Crippen molar-refractivity contribution in [2.45, 2.75) is 23.4 Å². The maximum atomic E-state index is 13.5. The summed E-state index contributed by atoms with van der Waals surface area (Å²) in [6, 6.07) is 15.6. The first kappa shape index (κ1) is 25.1. The molecule has 0 spiro atoms. The molecule has 178 valence electrons. The van der Waals surface area contributed by atoms with Crippen molar-refractivity contribution in [1.82, 2.24) is 10.1 Å². The van der Waals surface area contributed by atoms with Crippen LogP contribution >= 0.6 is 46.4 Å². The lowest BCUT2D eigenvalue weighted by Gasteiger charge is -2.21. The second kappa shape index (κ2) is 10.3. The van der Waals surface area contributed by atoms with E-state index >= 15 is 0 Å². The molecule has 0 saturated carbocycles. The monoisotopic (exact) mass is 557 g/mol. The Bertz CT molecular complexity index is 1350. The molecule has 0 aliphatic carbocycles. The Balaban J connectivity index is 1.71. The fourth-order valence-electron chi connectivity index (χ4n) is 3.66. The highest BCUT2D eigenvalue weighted by molar-refractivity contribution is 7.89. The Hall–Kier alpha value is -2.00. The van der Waals surface area contributed by atoms with Crippen molar-refractivity contribution in [2.75, 3.05) is 7.11 Å². The summed E-state index contributed by atoms with van der Waals surface area (Å²) in [6.45, 7) is 0. The number of hydrazone groups is 1. The van der Waals surface area contributed by atoms with Crippen molar-refractivity contribution >= 4 is 62.1 Å². The van der Waals surface area contributed by atoms with Gasteiger partial charge in [0, 0.05) is 26.5 Å². The quantitative estimate of drug-likeness (QED) is 0.350. The summed E-state index contributed by atoms with van der Waals surface area (Å²) in [5.41, 5.74) is 5.09. The van der Waals surface area contributed by atoms with Crippen LogP contribution in [-0.2, 0) is 10.0 Å². The zero-order chi connectivity index (χ0) is 24.5. The van der Waals surface area contributed by atoms with Gasteiger partial charge in [0.2, 0.25) is 10.0 Å². The predicted octanol–water partition coefficient (Wildman–Crippen LogP) is 6.42. The first-order chi connectivity index (χ1) is 16.2. The highest BCUT2D eigenvalue weighted by Crippen LogP contribution is 2.35. The number of sulfonamides is 1. The van der Waals surface area contributed by atoms with E-state index in [1.165, 1.54) is 19.2 Å². The summed E-state index contributed by atoms with van der Waals surface area (Å²) in [6.07, 6.45) is 0.431. The van der Waals surface area contributed by atoms with Crippen molar-refractivity contribution < 1.29 is 13.2 Å². The third-order valence-electron chi connectivity index (χ3n) is 5.34. The molecule has 1 aliphatic heterocycles. The van der Waals surface area contributed by atoms with Gasteiger partial charge in [-0.3, -0.25) is 0 Å². The number of rotatable bonds is 7. The van der Waals surface area contributed by atoms with Crippen LogP contribution in [0, 0.1) is 0 Å². The molecule has 0 amide bonds. The third kappa shape index (κ3) is 5.46. The molecule has 0 saturated heterocycles. The van der Waals surface area contributed by atoms with Crippen LogP contribution in [0.15, 0.2) is 70.7 Å². The minimum absolute atomic E-state index is 0.0987. The zero-order valence-electron chi connectivity index (χ0n) is 17.7. The van der Waals surface area contributed by atoms with E-state index in [4.69, 9.17) is 51.1 Å². The molecule has 0 radical (unpaired) electrons. The van der Waals surface area contributed by atoms with Gasteiger partial charge in [-0.25, -0.2) is 8.42 Å². The van der Waals surface area contributed by atoms with E-state index < -0.39 is 16.1 Å². The lowest BCUT2D eigenvalue weighted by atomic mass is 9.96. The maximum Gasteiger partial charge on any atom is 0.245 e. The van der Waals surface area contributed by atoms with Gasteiger partial charge >= 0.3 is 0 Å². The van der Waals surface area contributed by atoms with Gasteiger partial charge in [0.15, 0.2) is 0 Å². The largest absolute Gasteiger partial charge is 0.495 e. The Kier molecular flexibility index (Phi) is 7.62. The fraction of sp³-hybridized carbons (Fsp3) is 0.174. The molecule has 3 aromatic carbocycles. The van der Waals surface area contributed by atoms with Gasteiger partial charge in [0.1, 0.15) is 10.6 Å². The van der Waals surface area contributed by atoms with Gasteiger partial charge in [0.25, 0.3) is 0 Å². The molecule has 0 bridgehead atoms. The fourth-order valence-corrected chi connectivity index (χ4v) is 5.94. The number of nitrogens with one attached hydrogen (secondary N) is 2. The standard InChI is InChI=1S/C23H19Cl4N3O3S/c1-33-21-9-7-16(26)11-22(21)34(31,32)30-23(17-8-6-15(25)10-18(17)27)20-12-19(28-29-20)13-2-4-14(24)5-3-13/h2-11,19,23,28,30H,12H2,1H3. The molecule has 2 atom stereocenters. The van der Waals surface area contributed by atoms with E-state index in [9.17, 15) is 8.42 Å². The number of hydrogen-bond acceptors (Lipinski definition) is 5. The molecular weight excluding hydrogens is 540 g/mol. The third-order valence-corrected chi connectivity index (χ3v) is 7.84. The lowest BCUT2D eigenvalue weighted by molar-refractivity contribution is 0.402. The lowest BCUT2D eigenvalue weighted by Crippen LogP contribution is -2.34. The summed E-state index contributed by atoms with van der Waals surface area (Å²) in [5.74, 6) is 0.156. The van der Waals surface area contributed by atoms with Gasteiger partial charge in [-0.2, -0.15) is 9.82 Å². The molecule has 6 nitrogen and oxygen atoms in total. The van der Waals surface area contributed by atoms with Crippen molar-refractivity contribution in [2.24, 2.45) is 5.10 Å². The average molecular weight is 559 g/mol. The Morgan fingerprint density at radius 1 is 0.971 bits per heavy atom. The van der Waals surface area contributed by atoms with Crippen LogP contribution in [0.3, 0.4) is 0 Å². The van der Waals surface area contributed by atoms with Crippen LogP contribution < -0.4 is 14.9 Å². The number of methoxy groups -OCH3 is 1. The smallest absolute Gasteiger partial charge is 0.245 e. The van der Waals surface area contributed by atoms with Crippen LogP contribution in [0.4, 0.5) is 0 Å². The predicted molar refractivity (Wildman–Crippen MR) is 137 cm³/mol. The van der Waals surface area contributed by atoms with E-state index in [0.717, 1.165) is 5.56 Å². The van der Waals surface area contributed by atoms with Crippen LogP contribution in [0.2, 0.25) is 20.1 Å². The highest BCUT2D eigenvalue weighted by atomic mass is 35.5. The normalized spacial score (nSPS) is 16.6. The number of halogens is 4. The molecule has 1 aliphatic rings. The minimum atomic E-state index is -4.10. The van der Waals surface area contributed by atoms with E-state index in [1.807, 2.05) is 12.1 Å². The molecule has 34 heavy (non-hydrogen) atoms. The molecule has 2 unspecified atom stereocenters. The summed E-state index contributed by atoms with van der Waals surface area (Å²) < 4.78 is 34.9. The van der Waals surface area contributed by atoms with Crippen molar-refractivity contribution in [3.05, 3.63) is 91.9 Å². The van der Waals surface area contributed by atoms with Gasteiger partial charge in [-0.1, -0.05) is 64.6 Å². The van der Waals surface area contributed by atoms with Gasteiger partial charge in [-0.05, 0) is 53.6 Å². The topological polar surface area (TPSA) is 79.8 Å². The van der Waals surface area contributed by atoms with E-state index in [-0.39, 0.29) is 21.7 Å². The number of nitrogens with zero attached hydrogens (tertiary/aromatic N) is 1. The maximum absolute atomic E-state index is 13.5. The molecule has 0 aromatic heterocycles. The Morgan fingerprint density at radius 3 is 2.29 bits per heavy atom. The van der Waals surface area contributed by atoms with E-state index in [0.29, 0.717) is 32.8 Å². The highest BCUT2D eigenvalue weighted by Gasteiger charge is 2.33. The minimum Gasteiger partial charge on any atom is -0.495 e. The number of ether oxygens (including phenoxy) is 1. The second-order valence-corrected chi connectivity index (χ2v) is 11.0. The summed E-state index contributed by atoms with van der Waals surface area (Å²) in [5, 5.41) is 6.06.